The number of benzene rings is 2. The molecule has 1 atom stereocenters. The molecule has 0 bridgehead atoms. The molecule has 0 aliphatic heterocycles. The van der Waals surface area contributed by atoms with Crippen LogP contribution in [0.4, 0.5) is 10.5 Å². The fraction of sp³-hybridized carbons (Fsp3) is 0.238. The molecule has 0 fully saturated rings. The molecule has 1 heterocycles. The molecule has 3 rings (SSSR count). The second-order valence-corrected chi connectivity index (χ2v) is 7.85. The van der Waals surface area contributed by atoms with E-state index in [0.29, 0.717) is 29.0 Å². The van der Waals surface area contributed by atoms with Crippen molar-refractivity contribution in [3.63, 3.8) is 0 Å². The van der Waals surface area contributed by atoms with Crippen LogP contribution >= 0.6 is 0 Å². The highest BCUT2D eigenvalue weighted by molar-refractivity contribution is 7.84. The largest absolute Gasteiger partial charge is 0.422 e. The van der Waals surface area contributed by atoms with Crippen LogP contribution in [0.1, 0.15) is 22.3 Å². The first kappa shape index (κ1) is 21.5. The van der Waals surface area contributed by atoms with Crippen molar-refractivity contribution in [3.8, 4) is 5.75 Å². The lowest BCUT2D eigenvalue weighted by molar-refractivity contribution is 0.202. The maximum Gasteiger partial charge on any atom is 0.412 e. The minimum Gasteiger partial charge on any atom is -0.422 e. The van der Waals surface area contributed by atoms with Crippen LogP contribution in [0.2, 0.25) is 0 Å². The van der Waals surface area contributed by atoms with E-state index in [1.54, 1.807) is 19.2 Å². The Morgan fingerprint density at radius 3 is 2.63 bits per heavy atom. The second kappa shape index (κ2) is 9.10. The fourth-order valence-corrected chi connectivity index (χ4v) is 3.54. The molecular formula is C21H23N3O5S. The fourth-order valence-electron chi connectivity index (χ4n) is 3.10. The van der Waals surface area contributed by atoms with Gasteiger partial charge in [-0.05, 0) is 55.8 Å². The van der Waals surface area contributed by atoms with Crippen LogP contribution in [-0.2, 0) is 17.6 Å². The topological polar surface area (TPSA) is 110 Å². The van der Waals surface area contributed by atoms with Gasteiger partial charge in [0.05, 0.1) is 0 Å². The molecule has 1 unspecified atom stereocenters. The van der Waals surface area contributed by atoms with Crippen molar-refractivity contribution in [3.05, 3.63) is 69.1 Å². The molecule has 0 saturated heterocycles. The number of hydrogen-bond donors (Lipinski definition) is 3. The van der Waals surface area contributed by atoms with Crippen molar-refractivity contribution >= 4 is 33.9 Å². The maximum absolute atomic E-state index is 12.7. The minimum absolute atomic E-state index is 0.327. The van der Waals surface area contributed by atoms with Gasteiger partial charge in [0.15, 0.2) is 11.2 Å². The van der Waals surface area contributed by atoms with Gasteiger partial charge in [0.1, 0.15) is 11.3 Å². The molecule has 9 heteroatoms. The van der Waals surface area contributed by atoms with Crippen LogP contribution in [0, 0.1) is 13.8 Å². The van der Waals surface area contributed by atoms with Crippen molar-refractivity contribution in [1.82, 2.24) is 10.0 Å². The quantitative estimate of drug-likeness (QED) is 0.522. The minimum atomic E-state index is -1.39. The predicted octanol–water partition coefficient (Wildman–Crippen LogP) is 2.93. The molecule has 0 radical (unpaired) electrons. The molecule has 3 N–H and O–H groups in total. The lowest BCUT2D eigenvalue weighted by atomic mass is 9.98. The zero-order chi connectivity index (χ0) is 21.8. The average Bonchev–Trinajstić information content (AvgIpc) is 2.72. The van der Waals surface area contributed by atoms with Crippen LogP contribution in [0.3, 0.4) is 0 Å². The number of carbonyl (C=O) groups excluding carboxylic acids is 1. The summed E-state index contributed by atoms with van der Waals surface area (Å²) >= 11 is -1.39. The van der Waals surface area contributed by atoms with Crippen molar-refractivity contribution in [2.45, 2.75) is 20.3 Å². The first-order valence-electron chi connectivity index (χ1n) is 9.23. The van der Waals surface area contributed by atoms with Gasteiger partial charge in [-0.2, -0.15) is 0 Å². The molecule has 0 spiro atoms. The molecule has 0 saturated carbocycles. The van der Waals surface area contributed by atoms with E-state index in [-0.39, 0.29) is 0 Å². The van der Waals surface area contributed by atoms with Crippen LogP contribution in [0.5, 0.6) is 5.75 Å². The first-order valence-corrected chi connectivity index (χ1v) is 10.4. The first-order chi connectivity index (χ1) is 14.3. The number of ether oxygens (including phenoxy) is 1. The number of aryl methyl sites for hydroxylation is 2. The third-order valence-corrected chi connectivity index (χ3v) is 5.49. The monoisotopic (exact) mass is 429 g/mol. The molecule has 8 nitrogen and oxygen atoms in total. The molecule has 3 aromatic rings. The Kier molecular flexibility index (Phi) is 6.53. The van der Waals surface area contributed by atoms with Gasteiger partial charge in [-0.15, -0.1) is 0 Å². The highest BCUT2D eigenvalue weighted by Crippen LogP contribution is 2.29. The Morgan fingerprint density at radius 1 is 1.17 bits per heavy atom. The summed E-state index contributed by atoms with van der Waals surface area (Å²) in [7, 11) is 3.06. The van der Waals surface area contributed by atoms with Crippen molar-refractivity contribution in [2.24, 2.45) is 0 Å². The summed E-state index contributed by atoms with van der Waals surface area (Å²) in [5.74, 6) is 0.327. The molecule has 30 heavy (non-hydrogen) atoms. The zero-order valence-electron chi connectivity index (χ0n) is 17.1. The third kappa shape index (κ3) is 4.69. The van der Waals surface area contributed by atoms with Crippen molar-refractivity contribution < 1.29 is 18.2 Å². The van der Waals surface area contributed by atoms with E-state index in [0.717, 1.165) is 22.1 Å². The normalized spacial score (nSPS) is 11.9. The standard InChI is InChI=1S/C21H23N3O5S/c1-12-8-16-13(2)17(10-14-6-5-7-15(9-14)24-30(27)23-4)20(25)28-19(16)11-18(12)29-21(26)22-3/h5-9,11,23-24H,10H2,1-4H3,(H,22,26). The van der Waals surface area contributed by atoms with Gasteiger partial charge in [0.2, 0.25) is 0 Å². The summed E-state index contributed by atoms with van der Waals surface area (Å²) in [6.07, 6.45) is -0.234. The SMILES string of the molecule is CNC(=O)Oc1cc2oc(=O)c(Cc3cccc(NS(=O)NC)c3)c(C)c2cc1C. The van der Waals surface area contributed by atoms with E-state index >= 15 is 0 Å². The van der Waals surface area contributed by atoms with E-state index in [1.807, 2.05) is 38.1 Å². The molecule has 2 aromatic carbocycles. The van der Waals surface area contributed by atoms with E-state index in [2.05, 4.69) is 14.8 Å². The van der Waals surface area contributed by atoms with Gasteiger partial charge < -0.3 is 14.5 Å². The Bertz CT molecular complexity index is 1190. The molecule has 158 valence electrons. The van der Waals surface area contributed by atoms with Gasteiger partial charge >= 0.3 is 11.7 Å². The maximum atomic E-state index is 12.7. The second-order valence-electron chi connectivity index (χ2n) is 6.70. The van der Waals surface area contributed by atoms with Gasteiger partial charge in [-0.1, -0.05) is 12.1 Å². The Hall–Kier alpha value is -3.17. The van der Waals surface area contributed by atoms with Crippen molar-refractivity contribution in [1.29, 1.82) is 0 Å². The molecule has 0 aliphatic rings. The smallest absolute Gasteiger partial charge is 0.412 e. The third-order valence-electron chi connectivity index (χ3n) is 4.69. The summed E-state index contributed by atoms with van der Waals surface area (Å²) in [4.78, 5) is 24.2. The number of rotatable bonds is 6. The van der Waals surface area contributed by atoms with Gasteiger partial charge in [0, 0.05) is 36.2 Å². The predicted molar refractivity (Wildman–Crippen MR) is 117 cm³/mol. The van der Waals surface area contributed by atoms with Gasteiger partial charge in [-0.3, -0.25) is 4.72 Å². The number of amides is 1. The van der Waals surface area contributed by atoms with Crippen LogP contribution in [0.25, 0.3) is 11.0 Å². The molecule has 0 aliphatic carbocycles. The number of fused-ring (bicyclic) bond motifs is 1. The van der Waals surface area contributed by atoms with E-state index in [4.69, 9.17) is 9.15 Å². The highest BCUT2D eigenvalue weighted by Gasteiger charge is 2.15. The average molecular weight is 429 g/mol. The summed E-state index contributed by atoms with van der Waals surface area (Å²) in [6, 6.07) is 10.7. The van der Waals surface area contributed by atoms with E-state index in [9.17, 15) is 13.8 Å². The zero-order valence-corrected chi connectivity index (χ0v) is 17.9. The number of anilines is 1. The van der Waals surface area contributed by atoms with Crippen molar-refractivity contribution in [2.75, 3.05) is 18.8 Å². The summed E-state index contributed by atoms with van der Waals surface area (Å²) < 4.78 is 27.8. The summed E-state index contributed by atoms with van der Waals surface area (Å²) in [5, 5.41) is 3.16. The summed E-state index contributed by atoms with van der Waals surface area (Å²) in [6.45, 7) is 3.68. The number of hydrogen-bond acceptors (Lipinski definition) is 5. The van der Waals surface area contributed by atoms with Crippen LogP contribution < -0.4 is 25.1 Å². The van der Waals surface area contributed by atoms with Crippen LogP contribution in [-0.4, -0.2) is 24.4 Å². The lowest BCUT2D eigenvalue weighted by Crippen LogP contribution is -2.22. The lowest BCUT2D eigenvalue weighted by Gasteiger charge is -2.12. The molecule has 1 amide bonds. The number of nitrogens with one attached hydrogen (secondary N) is 3. The van der Waals surface area contributed by atoms with E-state index in [1.165, 1.54) is 7.05 Å². The summed E-state index contributed by atoms with van der Waals surface area (Å²) in [5.41, 5.74) is 3.53. The number of carbonyl (C=O) groups is 1. The molecule has 1 aromatic heterocycles. The van der Waals surface area contributed by atoms with E-state index < -0.39 is 22.9 Å². The van der Waals surface area contributed by atoms with Gasteiger partial charge in [0.25, 0.3) is 0 Å². The van der Waals surface area contributed by atoms with Crippen LogP contribution in [0.15, 0.2) is 45.6 Å². The highest BCUT2D eigenvalue weighted by atomic mass is 32.2. The Labute approximate surface area is 176 Å². The molecular weight excluding hydrogens is 406 g/mol. The van der Waals surface area contributed by atoms with Gasteiger partial charge in [-0.25, -0.2) is 18.5 Å². The Morgan fingerprint density at radius 2 is 1.93 bits per heavy atom. The Balaban J connectivity index is 1.98.